The second-order valence-corrected chi connectivity index (χ2v) is 5.70. The van der Waals surface area contributed by atoms with Crippen LogP contribution in [0.25, 0.3) is 0 Å². The number of hydrogen-bond donors (Lipinski definition) is 2. The zero-order valence-corrected chi connectivity index (χ0v) is 12.6. The summed E-state index contributed by atoms with van der Waals surface area (Å²) in [6.45, 7) is 7.94. The minimum atomic E-state index is 0.0224. The first-order valence-corrected chi connectivity index (χ1v) is 7.28. The van der Waals surface area contributed by atoms with Crippen molar-refractivity contribution in [2.24, 2.45) is 11.3 Å². The molecule has 2 rings (SSSR count). The fraction of sp³-hybridized carbons (Fsp3) is 0.600. The Kier molecular flexibility index (Phi) is 4.28. The fourth-order valence-electron chi connectivity index (χ4n) is 2.96. The molecule has 0 aliphatic carbocycles. The lowest BCUT2D eigenvalue weighted by atomic mass is 9.82. The van der Waals surface area contributed by atoms with Crippen molar-refractivity contribution in [2.75, 3.05) is 18.5 Å². The number of hydrazine groups is 1. The molecule has 1 amide bonds. The summed E-state index contributed by atoms with van der Waals surface area (Å²) < 4.78 is 0. The molecule has 1 aliphatic heterocycles. The van der Waals surface area contributed by atoms with Gasteiger partial charge in [-0.25, -0.2) is 0 Å². The number of nitrogens with zero attached hydrogens (tertiary/aromatic N) is 2. The van der Waals surface area contributed by atoms with Crippen LogP contribution < -0.4 is 11.3 Å². The van der Waals surface area contributed by atoms with Crippen LogP contribution in [-0.4, -0.2) is 28.9 Å². The number of carbonyl (C=O) groups is 1. The first-order valence-electron chi connectivity index (χ1n) is 7.28. The number of aromatic nitrogens is 1. The molecule has 0 spiro atoms. The lowest BCUT2D eigenvalue weighted by Crippen LogP contribution is -2.32. The van der Waals surface area contributed by atoms with Gasteiger partial charge in [0.25, 0.3) is 5.91 Å². The number of amides is 1. The van der Waals surface area contributed by atoms with Crippen molar-refractivity contribution in [3.8, 4) is 0 Å². The molecule has 1 aromatic rings. The van der Waals surface area contributed by atoms with E-state index in [1.54, 1.807) is 12.3 Å². The van der Waals surface area contributed by atoms with Crippen LogP contribution >= 0.6 is 0 Å². The fourth-order valence-corrected chi connectivity index (χ4v) is 2.96. The van der Waals surface area contributed by atoms with Crippen LogP contribution in [0.4, 0.5) is 5.69 Å². The molecule has 110 valence electrons. The zero-order chi connectivity index (χ0) is 14.8. The Balaban J connectivity index is 2.21. The molecule has 0 bridgehead atoms. The summed E-state index contributed by atoms with van der Waals surface area (Å²) in [6.07, 6.45) is 4.92. The van der Waals surface area contributed by atoms with Crippen molar-refractivity contribution in [2.45, 2.75) is 40.0 Å². The first kappa shape index (κ1) is 14.8. The van der Waals surface area contributed by atoms with Gasteiger partial charge in [-0.1, -0.05) is 13.8 Å². The number of anilines is 1. The highest BCUT2D eigenvalue weighted by atomic mass is 16.2. The van der Waals surface area contributed by atoms with Gasteiger partial charge < -0.3 is 10.3 Å². The molecule has 0 aromatic carbocycles. The van der Waals surface area contributed by atoms with Gasteiger partial charge in [-0.05, 0) is 37.7 Å². The van der Waals surface area contributed by atoms with Gasteiger partial charge in [0.2, 0.25) is 0 Å². The summed E-state index contributed by atoms with van der Waals surface area (Å²) in [5.74, 6) is 5.54. The lowest BCUT2D eigenvalue weighted by Gasteiger charge is -2.26. The van der Waals surface area contributed by atoms with Crippen LogP contribution in [0.5, 0.6) is 0 Å². The summed E-state index contributed by atoms with van der Waals surface area (Å²) in [5.41, 5.74) is 4.93. The zero-order valence-electron chi connectivity index (χ0n) is 12.6. The predicted molar refractivity (Wildman–Crippen MR) is 80.3 cm³/mol. The maximum atomic E-state index is 12.6. The number of pyridine rings is 1. The molecule has 1 aliphatic rings. The molecular formula is C15H24N4O. The third kappa shape index (κ3) is 2.63. The van der Waals surface area contributed by atoms with Gasteiger partial charge in [0.1, 0.15) is 0 Å². The van der Waals surface area contributed by atoms with E-state index < -0.39 is 0 Å². The Labute approximate surface area is 120 Å². The van der Waals surface area contributed by atoms with Gasteiger partial charge in [0.05, 0.1) is 11.3 Å². The van der Waals surface area contributed by atoms with Crippen molar-refractivity contribution in [3.05, 3.63) is 23.5 Å². The summed E-state index contributed by atoms with van der Waals surface area (Å²) in [4.78, 5) is 18.8. The van der Waals surface area contributed by atoms with E-state index in [-0.39, 0.29) is 11.3 Å². The standard InChI is InChI=1S/C15H24N4O/c1-4-15(5-2)6-7-19(10-15)14(20)12-9-17-11(3)8-13(12)18-16/h8-9H,4-7,10,16H2,1-3H3,(H,17,18). The largest absolute Gasteiger partial charge is 0.338 e. The van der Waals surface area contributed by atoms with Crippen molar-refractivity contribution in [1.29, 1.82) is 0 Å². The van der Waals surface area contributed by atoms with Crippen molar-refractivity contribution in [1.82, 2.24) is 9.88 Å². The highest BCUT2D eigenvalue weighted by Gasteiger charge is 2.37. The van der Waals surface area contributed by atoms with E-state index in [1.807, 2.05) is 11.8 Å². The normalized spacial score (nSPS) is 17.3. The molecule has 2 heterocycles. The second-order valence-electron chi connectivity index (χ2n) is 5.70. The Morgan fingerprint density at radius 1 is 1.50 bits per heavy atom. The number of nitrogens with one attached hydrogen (secondary N) is 1. The number of aryl methyl sites for hydroxylation is 1. The molecule has 5 heteroatoms. The summed E-state index contributed by atoms with van der Waals surface area (Å²) >= 11 is 0. The molecule has 20 heavy (non-hydrogen) atoms. The number of hydrogen-bond acceptors (Lipinski definition) is 4. The number of nitrogen functional groups attached to an aromatic ring is 1. The van der Waals surface area contributed by atoms with Crippen molar-refractivity contribution < 1.29 is 4.79 Å². The topological polar surface area (TPSA) is 71.2 Å². The molecule has 1 aromatic heterocycles. The monoisotopic (exact) mass is 276 g/mol. The first-order chi connectivity index (χ1) is 9.55. The van der Waals surface area contributed by atoms with Crippen LogP contribution in [-0.2, 0) is 0 Å². The molecule has 5 nitrogen and oxygen atoms in total. The molecule has 3 N–H and O–H groups in total. The predicted octanol–water partition coefficient (Wildman–Crippen LogP) is 2.33. The minimum absolute atomic E-state index is 0.0224. The quantitative estimate of drug-likeness (QED) is 0.654. The molecule has 1 fully saturated rings. The summed E-state index contributed by atoms with van der Waals surface area (Å²) in [7, 11) is 0. The highest BCUT2D eigenvalue weighted by Crippen LogP contribution is 2.37. The van der Waals surface area contributed by atoms with Crippen LogP contribution in [0.1, 0.15) is 49.2 Å². The van der Waals surface area contributed by atoms with Crippen LogP contribution in [0.3, 0.4) is 0 Å². The summed E-state index contributed by atoms with van der Waals surface area (Å²) in [6, 6.07) is 1.80. The van der Waals surface area contributed by atoms with Gasteiger partial charge in [-0.3, -0.25) is 15.6 Å². The number of rotatable bonds is 4. The van der Waals surface area contributed by atoms with Crippen molar-refractivity contribution in [3.63, 3.8) is 0 Å². The van der Waals surface area contributed by atoms with E-state index in [0.29, 0.717) is 11.3 Å². The van der Waals surface area contributed by atoms with Gasteiger partial charge in [-0.15, -0.1) is 0 Å². The average Bonchev–Trinajstić information content (AvgIpc) is 2.91. The molecule has 0 saturated carbocycles. The minimum Gasteiger partial charge on any atom is -0.338 e. The van der Waals surface area contributed by atoms with Gasteiger partial charge in [0, 0.05) is 25.0 Å². The maximum Gasteiger partial charge on any atom is 0.257 e. The Morgan fingerprint density at radius 2 is 2.20 bits per heavy atom. The van der Waals surface area contributed by atoms with Crippen LogP contribution in [0, 0.1) is 12.3 Å². The van der Waals surface area contributed by atoms with Crippen LogP contribution in [0.15, 0.2) is 12.3 Å². The van der Waals surface area contributed by atoms with E-state index in [0.717, 1.165) is 38.0 Å². The SMILES string of the molecule is CCC1(CC)CCN(C(=O)c2cnc(C)cc2NN)C1. The lowest BCUT2D eigenvalue weighted by molar-refractivity contribution is 0.0770. The molecular weight excluding hydrogens is 252 g/mol. The van der Waals surface area contributed by atoms with E-state index in [2.05, 4.69) is 24.3 Å². The number of likely N-dealkylation sites (tertiary alicyclic amines) is 1. The highest BCUT2D eigenvalue weighted by molar-refractivity contribution is 5.99. The molecule has 0 atom stereocenters. The third-order valence-corrected chi connectivity index (χ3v) is 4.65. The smallest absolute Gasteiger partial charge is 0.257 e. The number of carbonyl (C=O) groups excluding carboxylic acids is 1. The van der Waals surface area contributed by atoms with E-state index in [4.69, 9.17) is 5.84 Å². The second kappa shape index (κ2) is 5.79. The van der Waals surface area contributed by atoms with E-state index >= 15 is 0 Å². The Bertz CT molecular complexity index is 497. The molecule has 0 radical (unpaired) electrons. The average molecular weight is 276 g/mol. The molecule has 1 saturated heterocycles. The Hall–Kier alpha value is -1.62. The third-order valence-electron chi connectivity index (χ3n) is 4.65. The van der Waals surface area contributed by atoms with Gasteiger partial charge in [0.15, 0.2) is 0 Å². The van der Waals surface area contributed by atoms with E-state index in [9.17, 15) is 4.79 Å². The van der Waals surface area contributed by atoms with E-state index in [1.165, 1.54) is 0 Å². The van der Waals surface area contributed by atoms with Gasteiger partial charge in [-0.2, -0.15) is 0 Å². The Morgan fingerprint density at radius 3 is 2.75 bits per heavy atom. The van der Waals surface area contributed by atoms with Crippen LogP contribution in [0.2, 0.25) is 0 Å². The summed E-state index contributed by atoms with van der Waals surface area (Å²) in [5, 5.41) is 0. The van der Waals surface area contributed by atoms with Crippen molar-refractivity contribution >= 4 is 11.6 Å². The maximum absolute atomic E-state index is 12.6. The molecule has 0 unspecified atom stereocenters. The van der Waals surface area contributed by atoms with Gasteiger partial charge >= 0.3 is 0 Å². The number of nitrogens with two attached hydrogens (primary N) is 1.